The summed E-state index contributed by atoms with van der Waals surface area (Å²) < 4.78 is 10.6. The molecule has 0 saturated carbocycles. The van der Waals surface area contributed by atoms with Crippen LogP contribution in [0.1, 0.15) is 25.0 Å². The van der Waals surface area contributed by atoms with Crippen LogP contribution in [0.4, 0.5) is 0 Å². The molecule has 1 saturated heterocycles. The minimum absolute atomic E-state index is 0.211. The van der Waals surface area contributed by atoms with E-state index >= 15 is 0 Å². The summed E-state index contributed by atoms with van der Waals surface area (Å²) in [4.78, 5) is 2.27. The second-order valence-electron chi connectivity index (χ2n) is 4.96. The Bertz CT molecular complexity index is 507. The van der Waals surface area contributed by atoms with Gasteiger partial charge in [0.25, 0.3) is 0 Å². The average Bonchev–Trinajstić information content (AvgIpc) is 3.09. The summed E-state index contributed by atoms with van der Waals surface area (Å²) in [5.41, 5.74) is 0.881. The van der Waals surface area contributed by atoms with Gasteiger partial charge in [-0.1, -0.05) is 11.6 Å². The van der Waals surface area contributed by atoms with E-state index in [-0.39, 0.29) is 12.6 Å². The van der Waals surface area contributed by atoms with Gasteiger partial charge in [0.2, 0.25) is 5.76 Å². The zero-order chi connectivity index (χ0) is 13.1. The van der Waals surface area contributed by atoms with Gasteiger partial charge in [-0.3, -0.25) is 4.90 Å². The van der Waals surface area contributed by atoms with Crippen LogP contribution in [0.5, 0.6) is 0 Å². The van der Waals surface area contributed by atoms with Gasteiger partial charge in [-0.15, -0.1) is 0 Å². The largest absolute Gasteiger partial charge is 0.461 e. The zero-order valence-corrected chi connectivity index (χ0v) is 10.8. The predicted octanol–water partition coefficient (Wildman–Crippen LogP) is 2.28. The van der Waals surface area contributed by atoms with Gasteiger partial charge < -0.3 is 14.0 Å². The van der Waals surface area contributed by atoms with Crippen LogP contribution >= 0.6 is 0 Å². The van der Waals surface area contributed by atoms with Crippen LogP contribution < -0.4 is 0 Å². The maximum atomic E-state index is 9.39. The van der Waals surface area contributed by atoms with Gasteiger partial charge in [0, 0.05) is 18.7 Å². The van der Waals surface area contributed by atoms with Crippen molar-refractivity contribution >= 4 is 0 Å². The van der Waals surface area contributed by atoms with Crippen LogP contribution in [-0.4, -0.2) is 34.4 Å². The Morgan fingerprint density at radius 2 is 2.32 bits per heavy atom. The second-order valence-corrected chi connectivity index (χ2v) is 4.96. The van der Waals surface area contributed by atoms with Crippen molar-refractivity contribution in [2.45, 2.75) is 31.8 Å². The number of nitrogens with zero attached hydrogens (tertiary/aromatic N) is 2. The number of furan rings is 1. The molecule has 1 unspecified atom stereocenters. The van der Waals surface area contributed by atoms with E-state index in [1.54, 1.807) is 6.26 Å². The minimum Gasteiger partial charge on any atom is -0.461 e. The van der Waals surface area contributed by atoms with Gasteiger partial charge in [0.1, 0.15) is 0 Å². The highest BCUT2D eigenvalue weighted by molar-refractivity contribution is 5.49. The first-order valence-electron chi connectivity index (χ1n) is 6.71. The lowest BCUT2D eigenvalue weighted by atomic mass is 10.0. The molecule has 0 amide bonds. The molecule has 1 aliphatic heterocycles. The summed E-state index contributed by atoms with van der Waals surface area (Å²) >= 11 is 0. The van der Waals surface area contributed by atoms with E-state index in [0.717, 1.165) is 25.2 Å². The molecule has 1 aliphatic rings. The third-order valence-electron chi connectivity index (χ3n) is 3.65. The monoisotopic (exact) mass is 262 g/mol. The van der Waals surface area contributed by atoms with E-state index in [4.69, 9.17) is 8.94 Å². The molecular weight excluding hydrogens is 244 g/mol. The Morgan fingerprint density at radius 3 is 3.11 bits per heavy atom. The summed E-state index contributed by atoms with van der Waals surface area (Å²) in [5, 5.41) is 13.5. The van der Waals surface area contributed by atoms with Crippen molar-refractivity contribution in [2.75, 3.05) is 13.2 Å². The molecule has 19 heavy (non-hydrogen) atoms. The Kier molecular flexibility index (Phi) is 3.66. The molecule has 0 bridgehead atoms. The highest BCUT2D eigenvalue weighted by atomic mass is 16.5. The summed E-state index contributed by atoms with van der Waals surface area (Å²) in [7, 11) is 0. The third kappa shape index (κ3) is 2.72. The second kappa shape index (κ2) is 5.59. The molecule has 0 spiro atoms. The van der Waals surface area contributed by atoms with E-state index < -0.39 is 0 Å². The molecule has 0 aliphatic carbocycles. The number of hydrogen-bond acceptors (Lipinski definition) is 5. The Labute approximate surface area is 111 Å². The van der Waals surface area contributed by atoms with Crippen LogP contribution in [0, 0.1) is 0 Å². The normalized spacial score (nSPS) is 20.8. The van der Waals surface area contributed by atoms with E-state index in [0.29, 0.717) is 11.5 Å². The lowest BCUT2D eigenvalue weighted by molar-refractivity contribution is 0.0822. The molecule has 1 atom stereocenters. The van der Waals surface area contributed by atoms with Gasteiger partial charge in [0.15, 0.2) is 5.76 Å². The highest BCUT2D eigenvalue weighted by Crippen LogP contribution is 2.23. The van der Waals surface area contributed by atoms with Crippen LogP contribution in [0.15, 0.2) is 33.4 Å². The fourth-order valence-corrected chi connectivity index (χ4v) is 2.60. The molecule has 0 aromatic carbocycles. The first kappa shape index (κ1) is 12.4. The molecule has 102 valence electrons. The Hall–Kier alpha value is -1.59. The van der Waals surface area contributed by atoms with Crippen molar-refractivity contribution in [1.82, 2.24) is 10.1 Å². The zero-order valence-electron chi connectivity index (χ0n) is 10.8. The van der Waals surface area contributed by atoms with Crippen LogP contribution in [0.2, 0.25) is 0 Å². The first-order chi connectivity index (χ1) is 9.36. The van der Waals surface area contributed by atoms with Crippen molar-refractivity contribution in [3.05, 3.63) is 30.2 Å². The number of rotatable bonds is 4. The fourth-order valence-electron chi connectivity index (χ4n) is 2.60. The predicted molar refractivity (Wildman–Crippen MR) is 69.3 cm³/mol. The Balaban J connectivity index is 1.69. The Morgan fingerprint density at radius 1 is 1.37 bits per heavy atom. The van der Waals surface area contributed by atoms with Gasteiger partial charge in [-0.25, -0.2) is 0 Å². The standard InChI is InChI=1S/C14H18N2O3/c17-10-12-4-1-2-6-16(12)9-11-8-14(19-15-11)13-5-3-7-18-13/h3,5,7-8,12,17H,1-2,4,6,9-10H2. The minimum atomic E-state index is 0.211. The fraction of sp³-hybridized carbons (Fsp3) is 0.500. The van der Waals surface area contributed by atoms with Crippen LogP contribution in [-0.2, 0) is 6.54 Å². The van der Waals surface area contributed by atoms with E-state index in [1.807, 2.05) is 18.2 Å². The van der Waals surface area contributed by atoms with Crippen LogP contribution in [0.25, 0.3) is 11.5 Å². The molecule has 5 nitrogen and oxygen atoms in total. The first-order valence-corrected chi connectivity index (χ1v) is 6.71. The van der Waals surface area contributed by atoms with Crippen LogP contribution in [0.3, 0.4) is 0 Å². The topological polar surface area (TPSA) is 62.6 Å². The van der Waals surface area contributed by atoms with E-state index in [9.17, 15) is 5.11 Å². The highest BCUT2D eigenvalue weighted by Gasteiger charge is 2.23. The van der Waals surface area contributed by atoms with Gasteiger partial charge >= 0.3 is 0 Å². The number of hydrogen-bond donors (Lipinski definition) is 1. The molecular formula is C14H18N2O3. The maximum absolute atomic E-state index is 9.39. The maximum Gasteiger partial charge on any atom is 0.202 e. The molecule has 3 rings (SSSR count). The number of piperidine rings is 1. The molecule has 5 heteroatoms. The summed E-state index contributed by atoms with van der Waals surface area (Å²) in [5.74, 6) is 1.34. The molecule has 2 aromatic heterocycles. The van der Waals surface area contributed by atoms with Gasteiger partial charge in [0.05, 0.1) is 18.6 Å². The lowest BCUT2D eigenvalue weighted by Gasteiger charge is -2.33. The molecule has 3 heterocycles. The van der Waals surface area contributed by atoms with Crippen molar-refractivity contribution in [1.29, 1.82) is 0 Å². The average molecular weight is 262 g/mol. The lowest BCUT2D eigenvalue weighted by Crippen LogP contribution is -2.41. The summed E-state index contributed by atoms with van der Waals surface area (Å²) in [6, 6.07) is 5.82. The summed E-state index contributed by atoms with van der Waals surface area (Å²) in [6.45, 7) is 1.94. The number of aliphatic hydroxyl groups excluding tert-OH is 1. The van der Waals surface area contributed by atoms with Crippen molar-refractivity contribution in [3.63, 3.8) is 0 Å². The quantitative estimate of drug-likeness (QED) is 0.915. The third-order valence-corrected chi connectivity index (χ3v) is 3.65. The number of aromatic nitrogens is 1. The molecule has 1 N–H and O–H groups in total. The molecule has 1 fully saturated rings. The smallest absolute Gasteiger partial charge is 0.202 e. The summed E-state index contributed by atoms with van der Waals surface area (Å²) in [6.07, 6.45) is 5.04. The van der Waals surface area contributed by atoms with Gasteiger partial charge in [-0.05, 0) is 31.5 Å². The van der Waals surface area contributed by atoms with E-state index in [2.05, 4.69) is 10.1 Å². The van der Waals surface area contributed by atoms with Crippen molar-refractivity contribution in [2.24, 2.45) is 0 Å². The molecule has 0 radical (unpaired) electrons. The number of likely N-dealkylation sites (tertiary alicyclic amines) is 1. The van der Waals surface area contributed by atoms with Crippen molar-refractivity contribution in [3.8, 4) is 11.5 Å². The van der Waals surface area contributed by atoms with Crippen molar-refractivity contribution < 1.29 is 14.0 Å². The molecule has 2 aromatic rings. The van der Waals surface area contributed by atoms with E-state index in [1.165, 1.54) is 12.8 Å². The number of aliphatic hydroxyl groups is 1. The van der Waals surface area contributed by atoms with Gasteiger partial charge in [-0.2, -0.15) is 0 Å². The SMILES string of the molecule is OCC1CCCCN1Cc1cc(-c2ccco2)on1.